The van der Waals surface area contributed by atoms with Gasteiger partial charge in [0.2, 0.25) is 0 Å². The SMILES string of the molecule is CCCC(C)c1ccc(C(Nc2cccc(C(F)(F)F)c2)=C2CCC2)cc1C.CCc1cnc2[nH]ncc2c1. The topological polar surface area (TPSA) is 53.6 Å². The van der Waals surface area contributed by atoms with Crippen LogP contribution in [0.3, 0.4) is 0 Å². The van der Waals surface area contributed by atoms with Crippen LogP contribution in [0.15, 0.2) is 66.5 Å². The Bertz CT molecular complexity index is 1430. The van der Waals surface area contributed by atoms with Crippen LogP contribution in [0, 0.1) is 6.92 Å². The fourth-order valence-electron chi connectivity index (χ4n) is 4.93. The van der Waals surface area contributed by atoms with Crippen LogP contribution in [-0.4, -0.2) is 15.2 Å². The predicted molar refractivity (Wildman–Crippen MR) is 154 cm³/mol. The number of benzene rings is 2. The molecule has 206 valence electrons. The van der Waals surface area contributed by atoms with E-state index in [4.69, 9.17) is 0 Å². The molecule has 0 saturated heterocycles. The maximum Gasteiger partial charge on any atom is 0.416 e. The number of anilines is 1. The molecule has 1 saturated carbocycles. The number of H-pyrrole nitrogens is 1. The van der Waals surface area contributed by atoms with Gasteiger partial charge in [-0.3, -0.25) is 5.10 Å². The Morgan fingerprint density at radius 3 is 2.49 bits per heavy atom. The number of pyridine rings is 1. The maximum absolute atomic E-state index is 13.1. The van der Waals surface area contributed by atoms with Crippen molar-refractivity contribution in [3.05, 3.63) is 94.3 Å². The molecule has 4 aromatic rings. The standard InChI is InChI=1S/C24H28F3N.C8H9N3/c1-4-7-16(2)22-13-12-19(14-17(22)3)23(18-8-5-9-18)28-21-11-6-10-20(15-21)24(25,26)27;1-2-6-3-7-5-10-11-8(7)9-4-6/h6,10-16,28H,4-5,7-9H2,1-3H3;3-5H,2H2,1H3,(H,9,10,11). The molecule has 1 unspecified atom stereocenters. The lowest BCUT2D eigenvalue weighted by molar-refractivity contribution is -0.137. The van der Waals surface area contributed by atoms with Crippen LogP contribution < -0.4 is 5.32 Å². The van der Waals surface area contributed by atoms with Gasteiger partial charge in [0, 0.05) is 23.0 Å². The molecule has 0 spiro atoms. The van der Waals surface area contributed by atoms with E-state index in [-0.39, 0.29) is 0 Å². The van der Waals surface area contributed by atoms with Crippen molar-refractivity contribution < 1.29 is 13.2 Å². The van der Waals surface area contributed by atoms with Gasteiger partial charge in [0.15, 0.2) is 5.65 Å². The average Bonchev–Trinajstić information content (AvgIpc) is 3.35. The van der Waals surface area contributed by atoms with E-state index in [1.165, 1.54) is 34.4 Å². The zero-order valence-electron chi connectivity index (χ0n) is 23.1. The zero-order chi connectivity index (χ0) is 28.0. The Balaban J connectivity index is 0.000000265. The fourth-order valence-corrected chi connectivity index (χ4v) is 4.93. The van der Waals surface area contributed by atoms with Gasteiger partial charge in [-0.25, -0.2) is 4.98 Å². The lowest BCUT2D eigenvalue weighted by Gasteiger charge is -2.25. The largest absolute Gasteiger partial charge is 0.416 e. The molecular weight excluding hydrogens is 497 g/mol. The van der Waals surface area contributed by atoms with E-state index in [9.17, 15) is 13.2 Å². The molecule has 5 rings (SSSR count). The monoisotopic (exact) mass is 534 g/mol. The van der Waals surface area contributed by atoms with Gasteiger partial charge in [-0.05, 0) is 103 Å². The van der Waals surface area contributed by atoms with Crippen molar-refractivity contribution >= 4 is 22.4 Å². The second kappa shape index (κ2) is 12.5. The quantitative estimate of drug-likeness (QED) is 0.248. The molecule has 2 aromatic carbocycles. The molecule has 1 fully saturated rings. The summed E-state index contributed by atoms with van der Waals surface area (Å²) in [5.74, 6) is 0.510. The molecule has 1 aliphatic rings. The number of aromatic amines is 1. The second-order valence-electron chi connectivity index (χ2n) is 10.3. The summed E-state index contributed by atoms with van der Waals surface area (Å²) in [7, 11) is 0. The van der Waals surface area contributed by atoms with Crippen LogP contribution in [0.2, 0.25) is 0 Å². The van der Waals surface area contributed by atoms with Gasteiger partial charge in [-0.15, -0.1) is 0 Å². The van der Waals surface area contributed by atoms with Gasteiger partial charge < -0.3 is 5.32 Å². The van der Waals surface area contributed by atoms with Crippen molar-refractivity contribution in [3.8, 4) is 0 Å². The van der Waals surface area contributed by atoms with Gasteiger partial charge >= 0.3 is 6.18 Å². The Morgan fingerprint density at radius 2 is 1.85 bits per heavy atom. The van der Waals surface area contributed by atoms with Crippen molar-refractivity contribution in [2.75, 3.05) is 5.32 Å². The van der Waals surface area contributed by atoms with Crippen LogP contribution in [0.25, 0.3) is 16.7 Å². The molecule has 2 heterocycles. The third kappa shape index (κ3) is 7.08. The van der Waals surface area contributed by atoms with Crippen LogP contribution in [0.5, 0.6) is 0 Å². The number of rotatable bonds is 7. The minimum Gasteiger partial charge on any atom is -0.355 e. The number of nitrogens with one attached hydrogen (secondary N) is 2. The van der Waals surface area contributed by atoms with Crippen LogP contribution in [0.1, 0.15) is 86.6 Å². The Kier molecular flexibility index (Phi) is 9.10. The first kappa shape index (κ1) is 28.4. The Hall–Kier alpha value is -3.61. The number of alkyl halides is 3. The molecule has 0 bridgehead atoms. The summed E-state index contributed by atoms with van der Waals surface area (Å²) in [6.07, 6.45) is 5.77. The van der Waals surface area contributed by atoms with E-state index in [0.29, 0.717) is 11.6 Å². The number of aromatic nitrogens is 3. The Labute approximate surface area is 228 Å². The van der Waals surface area contributed by atoms with Gasteiger partial charge in [0.25, 0.3) is 0 Å². The highest BCUT2D eigenvalue weighted by Gasteiger charge is 2.30. The number of nitrogens with zero attached hydrogens (tertiary/aromatic N) is 2. The minimum absolute atomic E-state index is 0.477. The summed E-state index contributed by atoms with van der Waals surface area (Å²) in [6, 6.07) is 14.0. The van der Waals surface area contributed by atoms with Gasteiger partial charge in [-0.2, -0.15) is 18.3 Å². The second-order valence-corrected chi connectivity index (χ2v) is 10.3. The first-order valence-electron chi connectivity index (χ1n) is 13.7. The van der Waals surface area contributed by atoms with E-state index in [1.54, 1.807) is 12.3 Å². The lowest BCUT2D eigenvalue weighted by Crippen LogP contribution is -2.10. The first-order chi connectivity index (χ1) is 18.7. The summed E-state index contributed by atoms with van der Waals surface area (Å²) in [5.41, 5.74) is 7.85. The molecule has 2 N–H and O–H groups in total. The summed E-state index contributed by atoms with van der Waals surface area (Å²) in [6.45, 7) is 8.68. The summed E-state index contributed by atoms with van der Waals surface area (Å²) < 4.78 is 39.2. The molecule has 2 aromatic heterocycles. The van der Waals surface area contributed by atoms with Crippen molar-refractivity contribution in [2.24, 2.45) is 0 Å². The molecule has 4 nitrogen and oxygen atoms in total. The van der Waals surface area contributed by atoms with Crippen molar-refractivity contribution in [3.63, 3.8) is 0 Å². The number of halogens is 3. The molecule has 1 atom stereocenters. The molecule has 39 heavy (non-hydrogen) atoms. The number of allylic oxidation sites excluding steroid dienone is 1. The smallest absolute Gasteiger partial charge is 0.355 e. The highest BCUT2D eigenvalue weighted by molar-refractivity contribution is 5.80. The minimum atomic E-state index is -4.34. The van der Waals surface area contributed by atoms with E-state index in [2.05, 4.69) is 72.5 Å². The molecule has 0 radical (unpaired) electrons. The van der Waals surface area contributed by atoms with E-state index in [0.717, 1.165) is 66.9 Å². The summed E-state index contributed by atoms with van der Waals surface area (Å²) >= 11 is 0. The summed E-state index contributed by atoms with van der Waals surface area (Å²) in [5, 5.41) is 11.1. The number of hydrogen-bond acceptors (Lipinski definition) is 3. The molecule has 0 amide bonds. The molecule has 0 aliphatic heterocycles. The average molecular weight is 535 g/mol. The van der Waals surface area contributed by atoms with Gasteiger partial charge in [0.1, 0.15) is 0 Å². The molecular formula is C32H37F3N4. The van der Waals surface area contributed by atoms with Crippen LogP contribution in [0.4, 0.5) is 18.9 Å². The summed E-state index contributed by atoms with van der Waals surface area (Å²) in [4.78, 5) is 4.19. The molecule has 1 aliphatic carbocycles. The highest BCUT2D eigenvalue weighted by Crippen LogP contribution is 2.37. The Morgan fingerprint density at radius 1 is 1.05 bits per heavy atom. The zero-order valence-corrected chi connectivity index (χ0v) is 23.1. The fraction of sp³-hybridized carbons (Fsp3) is 0.375. The number of fused-ring (bicyclic) bond motifs is 1. The predicted octanol–water partition coefficient (Wildman–Crippen LogP) is 9.44. The van der Waals surface area contributed by atoms with Crippen LogP contribution in [-0.2, 0) is 12.6 Å². The van der Waals surface area contributed by atoms with E-state index in [1.807, 2.05) is 6.20 Å². The molecule has 7 heteroatoms. The first-order valence-corrected chi connectivity index (χ1v) is 13.7. The van der Waals surface area contributed by atoms with Crippen molar-refractivity contribution in [2.45, 2.75) is 78.3 Å². The lowest BCUT2D eigenvalue weighted by atomic mass is 9.86. The highest BCUT2D eigenvalue weighted by atomic mass is 19.4. The third-order valence-corrected chi connectivity index (χ3v) is 7.34. The number of aryl methyl sites for hydroxylation is 2. The van der Waals surface area contributed by atoms with E-state index >= 15 is 0 Å². The number of hydrogen-bond donors (Lipinski definition) is 2. The maximum atomic E-state index is 13.1. The van der Waals surface area contributed by atoms with Gasteiger partial charge in [0.05, 0.1) is 11.8 Å². The third-order valence-electron chi connectivity index (χ3n) is 7.34. The van der Waals surface area contributed by atoms with Gasteiger partial charge in [-0.1, -0.05) is 45.4 Å². The van der Waals surface area contributed by atoms with Crippen molar-refractivity contribution in [1.29, 1.82) is 0 Å². The van der Waals surface area contributed by atoms with Crippen LogP contribution >= 0.6 is 0 Å². The van der Waals surface area contributed by atoms with E-state index < -0.39 is 11.7 Å². The normalized spacial score (nSPS) is 13.9. The van der Waals surface area contributed by atoms with Crippen molar-refractivity contribution in [1.82, 2.24) is 15.2 Å².